The van der Waals surface area contributed by atoms with Crippen LogP contribution in [-0.4, -0.2) is 30.2 Å². The second-order valence-electron chi connectivity index (χ2n) is 2.95. The van der Waals surface area contributed by atoms with Crippen molar-refractivity contribution in [1.29, 1.82) is 0 Å². The first-order chi connectivity index (χ1) is 6.82. The zero-order valence-corrected chi connectivity index (χ0v) is 9.41. The Labute approximate surface area is 88.4 Å². The molecule has 0 aromatic carbocycles. The topological polar surface area (TPSA) is 97.7 Å². The molecule has 0 saturated heterocycles. The van der Waals surface area contributed by atoms with E-state index in [2.05, 4.69) is 4.74 Å². The highest BCUT2D eigenvalue weighted by Crippen LogP contribution is 2.07. The van der Waals surface area contributed by atoms with Gasteiger partial charge in [0.25, 0.3) is 10.1 Å². The first kappa shape index (κ1) is 14.1. The monoisotopic (exact) mass is 238 g/mol. The van der Waals surface area contributed by atoms with Crippen LogP contribution >= 0.6 is 0 Å². The number of carbonyl (C=O) groups excluding carboxylic acids is 2. The Balaban J connectivity index is 4.49. The van der Waals surface area contributed by atoms with Crippen molar-refractivity contribution in [3.05, 3.63) is 0 Å². The molecule has 0 fully saturated rings. The van der Waals surface area contributed by atoms with Crippen molar-refractivity contribution in [2.24, 2.45) is 0 Å². The van der Waals surface area contributed by atoms with Gasteiger partial charge in [-0.15, -0.1) is 0 Å². The van der Waals surface area contributed by atoms with Crippen molar-refractivity contribution in [3.8, 4) is 0 Å². The number of hydrogen-bond acceptors (Lipinski definition) is 5. The predicted octanol–water partition coefficient (Wildman–Crippen LogP) is 0.523. The van der Waals surface area contributed by atoms with Crippen LogP contribution in [0, 0.1) is 0 Å². The summed E-state index contributed by atoms with van der Waals surface area (Å²) < 4.78 is 34.3. The quantitative estimate of drug-likeness (QED) is 0.426. The highest BCUT2D eigenvalue weighted by Gasteiger charge is 2.32. The van der Waals surface area contributed by atoms with Crippen LogP contribution in [0.1, 0.15) is 33.1 Å². The highest BCUT2D eigenvalue weighted by atomic mass is 32.2. The second kappa shape index (κ2) is 5.82. The molecular formula is C8H14O6S. The van der Waals surface area contributed by atoms with Crippen LogP contribution in [0.2, 0.25) is 0 Å². The Morgan fingerprint density at radius 3 is 2.20 bits per heavy atom. The van der Waals surface area contributed by atoms with E-state index in [1.54, 1.807) is 6.92 Å². The maximum atomic E-state index is 11.1. The van der Waals surface area contributed by atoms with Gasteiger partial charge < -0.3 is 4.74 Å². The SMILES string of the molecule is CCCC(=O)OC(=O)C(CC)S(=O)(=O)O. The minimum absolute atomic E-state index is 0.0354. The fourth-order valence-corrected chi connectivity index (χ4v) is 1.64. The van der Waals surface area contributed by atoms with Gasteiger partial charge in [0.15, 0.2) is 5.25 Å². The Morgan fingerprint density at radius 2 is 1.87 bits per heavy atom. The molecule has 1 unspecified atom stereocenters. The van der Waals surface area contributed by atoms with Crippen LogP contribution in [0.4, 0.5) is 0 Å². The summed E-state index contributed by atoms with van der Waals surface area (Å²) in [6.07, 6.45) is 0.388. The molecule has 0 aliphatic rings. The number of ether oxygens (including phenoxy) is 1. The van der Waals surface area contributed by atoms with E-state index >= 15 is 0 Å². The van der Waals surface area contributed by atoms with Gasteiger partial charge in [-0.2, -0.15) is 8.42 Å². The molecule has 0 spiro atoms. The van der Waals surface area contributed by atoms with Crippen LogP contribution in [0.5, 0.6) is 0 Å². The summed E-state index contributed by atoms with van der Waals surface area (Å²) in [7, 11) is -4.50. The van der Waals surface area contributed by atoms with Gasteiger partial charge in [0.1, 0.15) is 0 Å². The van der Waals surface area contributed by atoms with Crippen LogP contribution < -0.4 is 0 Å². The Morgan fingerprint density at radius 1 is 1.33 bits per heavy atom. The Bertz CT molecular complexity index is 331. The standard InChI is InChI=1S/C8H14O6S/c1-3-5-7(9)14-8(10)6(4-2)15(11,12)13/h6H,3-5H2,1-2H3,(H,11,12,13). The fraction of sp³-hybridized carbons (Fsp3) is 0.750. The lowest BCUT2D eigenvalue weighted by Crippen LogP contribution is -2.32. The van der Waals surface area contributed by atoms with E-state index in [1.807, 2.05) is 0 Å². The summed E-state index contributed by atoms with van der Waals surface area (Å²) in [5, 5.41) is -1.68. The molecule has 1 N–H and O–H groups in total. The van der Waals surface area contributed by atoms with E-state index in [9.17, 15) is 18.0 Å². The molecule has 6 nitrogen and oxygen atoms in total. The number of hydrogen-bond donors (Lipinski definition) is 1. The predicted molar refractivity (Wildman–Crippen MR) is 51.6 cm³/mol. The van der Waals surface area contributed by atoms with E-state index in [-0.39, 0.29) is 12.8 Å². The summed E-state index contributed by atoms with van der Waals surface area (Å²) in [4.78, 5) is 22.0. The molecule has 0 aliphatic heterocycles. The van der Waals surface area contributed by atoms with Crippen molar-refractivity contribution in [2.45, 2.75) is 38.4 Å². The third-order valence-electron chi connectivity index (χ3n) is 1.66. The molecule has 1 atom stereocenters. The molecule has 0 amide bonds. The Hall–Kier alpha value is -0.950. The van der Waals surface area contributed by atoms with E-state index in [4.69, 9.17) is 4.55 Å². The molecule has 0 radical (unpaired) electrons. The molecule has 0 heterocycles. The summed E-state index contributed by atoms with van der Waals surface area (Å²) in [6.45, 7) is 3.11. The lowest BCUT2D eigenvalue weighted by atomic mass is 10.3. The van der Waals surface area contributed by atoms with Crippen molar-refractivity contribution >= 4 is 22.1 Å². The molecule has 0 aliphatic carbocycles. The van der Waals surface area contributed by atoms with Crippen LogP contribution in [0.25, 0.3) is 0 Å². The number of rotatable bonds is 5. The molecule has 0 aromatic rings. The zero-order valence-electron chi connectivity index (χ0n) is 8.60. The normalized spacial score (nSPS) is 13.3. The minimum atomic E-state index is -4.50. The maximum Gasteiger partial charge on any atom is 0.334 e. The highest BCUT2D eigenvalue weighted by molar-refractivity contribution is 7.87. The first-order valence-electron chi connectivity index (χ1n) is 4.53. The summed E-state index contributed by atoms with van der Waals surface area (Å²) >= 11 is 0. The van der Waals surface area contributed by atoms with Crippen LogP contribution in [0.15, 0.2) is 0 Å². The lowest BCUT2D eigenvalue weighted by Gasteiger charge is -2.09. The van der Waals surface area contributed by atoms with Crippen molar-refractivity contribution in [1.82, 2.24) is 0 Å². The summed E-state index contributed by atoms with van der Waals surface area (Å²) in [5.74, 6) is -2.01. The second-order valence-corrected chi connectivity index (χ2v) is 4.55. The van der Waals surface area contributed by atoms with Gasteiger partial charge >= 0.3 is 11.9 Å². The molecule has 0 saturated carbocycles. The lowest BCUT2D eigenvalue weighted by molar-refractivity contribution is -0.159. The first-order valence-corrected chi connectivity index (χ1v) is 6.04. The van der Waals surface area contributed by atoms with Crippen molar-refractivity contribution in [2.75, 3.05) is 0 Å². The summed E-state index contributed by atoms with van der Waals surface area (Å²) in [5.41, 5.74) is 0. The average molecular weight is 238 g/mol. The minimum Gasteiger partial charge on any atom is -0.392 e. The molecule has 15 heavy (non-hydrogen) atoms. The van der Waals surface area contributed by atoms with Gasteiger partial charge in [-0.3, -0.25) is 14.1 Å². The molecule has 88 valence electrons. The molecular weight excluding hydrogens is 224 g/mol. The third-order valence-corrected chi connectivity index (χ3v) is 2.91. The number of esters is 2. The van der Waals surface area contributed by atoms with E-state index in [1.165, 1.54) is 6.92 Å². The molecule has 7 heteroatoms. The summed E-state index contributed by atoms with van der Waals surface area (Å²) in [6, 6.07) is 0. The smallest absolute Gasteiger partial charge is 0.334 e. The van der Waals surface area contributed by atoms with Gasteiger partial charge in [-0.05, 0) is 12.8 Å². The zero-order chi connectivity index (χ0) is 12.1. The number of carbonyl (C=O) groups is 2. The third kappa shape index (κ3) is 4.89. The van der Waals surface area contributed by atoms with Gasteiger partial charge in [-0.25, -0.2) is 0 Å². The maximum absolute atomic E-state index is 11.1. The van der Waals surface area contributed by atoms with Crippen molar-refractivity contribution < 1.29 is 27.3 Å². The largest absolute Gasteiger partial charge is 0.392 e. The average Bonchev–Trinajstić information content (AvgIpc) is 2.02. The molecule has 0 rings (SSSR count). The molecule has 0 bridgehead atoms. The van der Waals surface area contributed by atoms with Gasteiger partial charge in [0.05, 0.1) is 0 Å². The fourth-order valence-electron chi connectivity index (χ4n) is 0.932. The van der Waals surface area contributed by atoms with Gasteiger partial charge in [-0.1, -0.05) is 13.8 Å². The van der Waals surface area contributed by atoms with Gasteiger partial charge in [0.2, 0.25) is 0 Å². The van der Waals surface area contributed by atoms with Crippen molar-refractivity contribution in [3.63, 3.8) is 0 Å². The molecule has 0 aromatic heterocycles. The van der Waals surface area contributed by atoms with Gasteiger partial charge in [0, 0.05) is 6.42 Å². The van der Waals surface area contributed by atoms with E-state index in [0.29, 0.717) is 6.42 Å². The Kier molecular flexibility index (Phi) is 5.45. The van der Waals surface area contributed by atoms with E-state index < -0.39 is 27.3 Å². The van der Waals surface area contributed by atoms with E-state index in [0.717, 1.165) is 0 Å². The van der Waals surface area contributed by atoms with Crippen LogP contribution in [-0.2, 0) is 24.4 Å². The van der Waals surface area contributed by atoms with Crippen LogP contribution in [0.3, 0.4) is 0 Å².